The van der Waals surface area contributed by atoms with Crippen LogP contribution in [0, 0.1) is 0 Å². The molecule has 1 aliphatic heterocycles. The van der Waals surface area contributed by atoms with Gasteiger partial charge >= 0.3 is 0 Å². The maximum absolute atomic E-state index is 12.7. The number of ether oxygens (including phenoxy) is 1. The lowest BCUT2D eigenvalue weighted by atomic mass is 10.2. The highest BCUT2D eigenvalue weighted by Gasteiger charge is 2.30. The van der Waals surface area contributed by atoms with E-state index in [1.807, 2.05) is 0 Å². The van der Waals surface area contributed by atoms with Crippen LogP contribution in [0.3, 0.4) is 0 Å². The average Bonchev–Trinajstić information content (AvgIpc) is 3.17. The van der Waals surface area contributed by atoms with Crippen molar-refractivity contribution >= 4 is 15.9 Å². The number of carbonyl (C=O) groups excluding carboxylic acids is 1. The SMILES string of the molecule is COc1ccc(S(=O)(=O)N2CCN(C(=O)c3coc(CN)c3)CC2)cc1. The Hall–Kier alpha value is -2.36. The summed E-state index contributed by atoms with van der Waals surface area (Å²) in [6.07, 6.45) is 1.38. The Balaban J connectivity index is 1.66. The van der Waals surface area contributed by atoms with E-state index in [9.17, 15) is 13.2 Å². The Morgan fingerprint density at radius 1 is 1.19 bits per heavy atom. The highest BCUT2D eigenvalue weighted by atomic mass is 32.2. The van der Waals surface area contributed by atoms with Gasteiger partial charge in [0.05, 0.1) is 24.1 Å². The maximum Gasteiger partial charge on any atom is 0.257 e. The Morgan fingerprint density at radius 2 is 1.85 bits per heavy atom. The quantitative estimate of drug-likeness (QED) is 0.827. The molecule has 1 fully saturated rings. The lowest BCUT2D eigenvalue weighted by Gasteiger charge is -2.33. The lowest BCUT2D eigenvalue weighted by molar-refractivity contribution is 0.0697. The standard InChI is InChI=1S/C17H21N3O5S/c1-24-14-2-4-16(5-3-14)26(22,23)20-8-6-19(7-9-20)17(21)13-10-15(11-18)25-12-13/h2-5,10,12H,6-9,11,18H2,1H3. The molecule has 1 saturated heterocycles. The van der Waals surface area contributed by atoms with Gasteiger partial charge < -0.3 is 19.8 Å². The summed E-state index contributed by atoms with van der Waals surface area (Å²) in [6.45, 7) is 1.33. The zero-order valence-corrected chi connectivity index (χ0v) is 15.2. The highest BCUT2D eigenvalue weighted by Crippen LogP contribution is 2.21. The van der Waals surface area contributed by atoms with Gasteiger partial charge in [-0.3, -0.25) is 4.79 Å². The highest BCUT2D eigenvalue weighted by molar-refractivity contribution is 7.89. The number of methoxy groups -OCH3 is 1. The van der Waals surface area contributed by atoms with Crippen molar-refractivity contribution < 1.29 is 22.4 Å². The second-order valence-corrected chi connectivity index (χ2v) is 7.82. The second kappa shape index (κ2) is 7.48. The third-order valence-corrected chi connectivity index (χ3v) is 6.24. The van der Waals surface area contributed by atoms with Crippen LogP contribution in [0.5, 0.6) is 5.75 Å². The number of benzene rings is 1. The van der Waals surface area contributed by atoms with E-state index in [2.05, 4.69) is 0 Å². The molecule has 1 aromatic carbocycles. The molecule has 26 heavy (non-hydrogen) atoms. The zero-order valence-electron chi connectivity index (χ0n) is 14.4. The molecule has 0 aliphatic carbocycles. The van der Waals surface area contributed by atoms with Crippen LogP contribution in [0.25, 0.3) is 0 Å². The molecule has 0 radical (unpaired) electrons. The summed E-state index contributed by atoms with van der Waals surface area (Å²) in [6, 6.07) is 7.88. The Kier molecular flexibility index (Phi) is 5.30. The summed E-state index contributed by atoms with van der Waals surface area (Å²) in [4.78, 5) is 14.3. The van der Waals surface area contributed by atoms with Gasteiger partial charge in [0.1, 0.15) is 17.8 Å². The van der Waals surface area contributed by atoms with Crippen molar-refractivity contribution in [1.82, 2.24) is 9.21 Å². The molecule has 2 heterocycles. The van der Waals surface area contributed by atoms with Gasteiger partial charge in [-0.25, -0.2) is 8.42 Å². The van der Waals surface area contributed by atoms with Gasteiger partial charge in [0.2, 0.25) is 10.0 Å². The molecule has 3 rings (SSSR count). The summed E-state index contributed by atoms with van der Waals surface area (Å²) < 4.78 is 37.1. The van der Waals surface area contributed by atoms with Crippen LogP contribution in [0.2, 0.25) is 0 Å². The number of hydrogen-bond acceptors (Lipinski definition) is 6. The van der Waals surface area contributed by atoms with E-state index in [-0.39, 0.29) is 30.4 Å². The van der Waals surface area contributed by atoms with E-state index in [0.29, 0.717) is 30.2 Å². The fourth-order valence-corrected chi connectivity index (χ4v) is 4.23. The molecule has 140 valence electrons. The van der Waals surface area contributed by atoms with Crippen LogP contribution in [0.15, 0.2) is 45.9 Å². The van der Waals surface area contributed by atoms with E-state index in [1.165, 1.54) is 29.8 Å². The number of carbonyl (C=O) groups is 1. The van der Waals surface area contributed by atoms with Crippen LogP contribution < -0.4 is 10.5 Å². The maximum atomic E-state index is 12.7. The first-order chi connectivity index (χ1) is 12.5. The fraction of sp³-hybridized carbons (Fsp3) is 0.353. The molecule has 1 aromatic heterocycles. The van der Waals surface area contributed by atoms with Crippen LogP contribution in [0.4, 0.5) is 0 Å². The van der Waals surface area contributed by atoms with Gasteiger partial charge in [-0.15, -0.1) is 0 Å². The smallest absolute Gasteiger partial charge is 0.257 e. The minimum absolute atomic E-state index is 0.185. The molecule has 2 N–H and O–H groups in total. The predicted octanol–water partition coefficient (Wildman–Crippen LogP) is 0.894. The normalized spacial score (nSPS) is 15.8. The van der Waals surface area contributed by atoms with Gasteiger partial charge in [0, 0.05) is 26.2 Å². The van der Waals surface area contributed by atoms with Crippen LogP contribution in [-0.2, 0) is 16.6 Å². The molecule has 0 spiro atoms. The van der Waals surface area contributed by atoms with Gasteiger partial charge in [0.25, 0.3) is 5.91 Å². The molecule has 9 heteroatoms. The molecule has 0 unspecified atom stereocenters. The van der Waals surface area contributed by atoms with Crippen LogP contribution in [0.1, 0.15) is 16.1 Å². The van der Waals surface area contributed by atoms with Crippen molar-refractivity contribution in [3.8, 4) is 5.75 Å². The number of sulfonamides is 1. The van der Waals surface area contributed by atoms with Crippen molar-refractivity contribution in [1.29, 1.82) is 0 Å². The van der Waals surface area contributed by atoms with Crippen LogP contribution in [-0.4, -0.2) is 56.8 Å². The monoisotopic (exact) mass is 379 g/mol. The Labute approximate surface area is 152 Å². The van der Waals surface area contributed by atoms with Crippen molar-refractivity contribution in [2.75, 3.05) is 33.3 Å². The topological polar surface area (TPSA) is 106 Å². The zero-order chi connectivity index (χ0) is 18.7. The average molecular weight is 379 g/mol. The minimum atomic E-state index is -3.60. The molecule has 0 saturated carbocycles. The number of rotatable bonds is 5. The third-order valence-electron chi connectivity index (χ3n) is 4.32. The van der Waals surface area contributed by atoms with Gasteiger partial charge in [-0.05, 0) is 30.3 Å². The van der Waals surface area contributed by atoms with Crippen LogP contribution >= 0.6 is 0 Å². The van der Waals surface area contributed by atoms with Crippen molar-refractivity contribution in [2.24, 2.45) is 5.73 Å². The van der Waals surface area contributed by atoms with Crippen molar-refractivity contribution in [3.63, 3.8) is 0 Å². The Bertz CT molecular complexity index is 868. The molecule has 0 atom stereocenters. The van der Waals surface area contributed by atoms with Gasteiger partial charge in [-0.2, -0.15) is 4.31 Å². The lowest BCUT2D eigenvalue weighted by Crippen LogP contribution is -2.50. The Morgan fingerprint density at radius 3 is 2.38 bits per heavy atom. The summed E-state index contributed by atoms with van der Waals surface area (Å²) in [5.41, 5.74) is 5.91. The first kappa shape index (κ1) is 18.4. The summed E-state index contributed by atoms with van der Waals surface area (Å²) >= 11 is 0. The van der Waals surface area contributed by atoms with E-state index in [4.69, 9.17) is 14.9 Å². The summed E-state index contributed by atoms with van der Waals surface area (Å²) in [5, 5.41) is 0. The van der Waals surface area contributed by atoms with E-state index >= 15 is 0 Å². The first-order valence-electron chi connectivity index (χ1n) is 8.16. The largest absolute Gasteiger partial charge is 0.497 e. The van der Waals surface area contributed by atoms with Crippen molar-refractivity contribution in [2.45, 2.75) is 11.4 Å². The number of hydrogen-bond donors (Lipinski definition) is 1. The number of piperazine rings is 1. The third kappa shape index (κ3) is 3.59. The molecular weight excluding hydrogens is 358 g/mol. The van der Waals surface area contributed by atoms with E-state index < -0.39 is 10.0 Å². The summed E-state index contributed by atoms with van der Waals surface area (Å²) in [5.74, 6) is 0.945. The van der Waals surface area contributed by atoms with E-state index in [0.717, 1.165) is 0 Å². The minimum Gasteiger partial charge on any atom is -0.497 e. The molecule has 8 nitrogen and oxygen atoms in total. The first-order valence-corrected chi connectivity index (χ1v) is 9.60. The summed E-state index contributed by atoms with van der Waals surface area (Å²) in [7, 11) is -2.07. The van der Waals surface area contributed by atoms with Gasteiger partial charge in [0.15, 0.2) is 0 Å². The molecule has 1 aliphatic rings. The molecule has 2 aromatic rings. The number of nitrogens with two attached hydrogens (primary N) is 1. The number of amides is 1. The predicted molar refractivity (Wildman–Crippen MR) is 94.3 cm³/mol. The molecule has 0 bridgehead atoms. The molecule has 1 amide bonds. The number of nitrogens with zero attached hydrogens (tertiary/aromatic N) is 2. The number of furan rings is 1. The fourth-order valence-electron chi connectivity index (χ4n) is 2.81. The van der Waals surface area contributed by atoms with Crippen molar-refractivity contribution in [3.05, 3.63) is 47.9 Å². The molecular formula is C17H21N3O5S. The van der Waals surface area contributed by atoms with E-state index in [1.54, 1.807) is 23.1 Å². The van der Waals surface area contributed by atoms with Gasteiger partial charge in [-0.1, -0.05) is 0 Å². The second-order valence-electron chi connectivity index (χ2n) is 5.88.